The van der Waals surface area contributed by atoms with Gasteiger partial charge in [0.15, 0.2) is 0 Å². The Labute approximate surface area is 97.3 Å². The molecule has 88 valence electrons. The van der Waals surface area contributed by atoms with E-state index in [4.69, 9.17) is 0 Å². The topological polar surface area (TPSA) is 37.3 Å². The summed E-state index contributed by atoms with van der Waals surface area (Å²) in [7, 11) is 0. The summed E-state index contributed by atoms with van der Waals surface area (Å²) in [6, 6.07) is 9.53. The first-order valence-corrected chi connectivity index (χ1v) is 5.94. The molecule has 0 amide bonds. The maximum absolute atomic E-state index is 11.3. The second-order valence-corrected chi connectivity index (χ2v) is 4.35. The second kappa shape index (κ2) is 6.31. The molecule has 1 aromatic carbocycles. The Bertz CT molecular complexity index is 319. The van der Waals surface area contributed by atoms with E-state index in [0.29, 0.717) is 0 Å². The minimum absolute atomic E-state index is 0.194. The van der Waals surface area contributed by atoms with Crippen LogP contribution >= 0.6 is 0 Å². The van der Waals surface area contributed by atoms with Crippen molar-refractivity contribution in [1.29, 1.82) is 0 Å². The number of benzene rings is 1. The lowest BCUT2D eigenvalue weighted by molar-refractivity contribution is -0.140. The highest BCUT2D eigenvalue weighted by atomic mass is 16.4. The molecule has 0 heterocycles. The van der Waals surface area contributed by atoms with Crippen LogP contribution in [0.1, 0.15) is 44.6 Å². The molecule has 0 saturated carbocycles. The van der Waals surface area contributed by atoms with E-state index in [9.17, 15) is 9.90 Å². The van der Waals surface area contributed by atoms with Crippen LogP contribution in [0.5, 0.6) is 0 Å². The molecule has 0 radical (unpaired) electrons. The fourth-order valence-electron chi connectivity index (χ4n) is 2.07. The van der Waals surface area contributed by atoms with Crippen LogP contribution in [0.15, 0.2) is 30.3 Å². The van der Waals surface area contributed by atoms with Crippen LogP contribution in [0.3, 0.4) is 0 Å². The number of hydrogen-bond acceptors (Lipinski definition) is 1. The van der Waals surface area contributed by atoms with E-state index in [-0.39, 0.29) is 11.8 Å². The van der Waals surface area contributed by atoms with Gasteiger partial charge in [-0.05, 0) is 17.9 Å². The molecular formula is C14H20O2. The van der Waals surface area contributed by atoms with Crippen LogP contribution in [-0.2, 0) is 4.79 Å². The lowest BCUT2D eigenvalue weighted by atomic mass is 9.84. The number of carboxylic acids is 1. The van der Waals surface area contributed by atoms with Gasteiger partial charge in [0.2, 0.25) is 0 Å². The molecule has 2 unspecified atom stereocenters. The van der Waals surface area contributed by atoms with E-state index in [1.54, 1.807) is 0 Å². The van der Waals surface area contributed by atoms with Crippen molar-refractivity contribution in [3.63, 3.8) is 0 Å². The molecule has 0 aliphatic heterocycles. The highest BCUT2D eigenvalue weighted by Crippen LogP contribution is 2.28. The third kappa shape index (κ3) is 3.37. The van der Waals surface area contributed by atoms with Crippen molar-refractivity contribution in [2.75, 3.05) is 0 Å². The average molecular weight is 220 g/mol. The van der Waals surface area contributed by atoms with Crippen molar-refractivity contribution in [3.8, 4) is 0 Å². The maximum atomic E-state index is 11.3. The van der Waals surface area contributed by atoms with Gasteiger partial charge < -0.3 is 5.11 Å². The first-order chi connectivity index (χ1) is 7.66. The summed E-state index contributed by atoms with van der Waals surface area (Å²) < 4.78 is 0. The van der Waals surface area contributed by atoms with Gasteiger partial charge in [0.1, 0.15) is 0 Å². The summed E-state index contributed by atoms with van der Waals surface area (Å²) >= 11 is 0. The van der Waals surface area contributed by atoms with E-state index in [2.05, 4.69) is 6.92 Å². The Morgan fingerprint density at radius 2 is 1.94 bits per heavy atom. The summed E-state index contributed by atoms with van der Waals surface area (Å²) in [5.74, 6) is -0.887. The summed E-state index contributed by atoms with van der Waals surface area (Å²) in [6.45, 7) is 4.16. The van der Waals surface area contributed by atoms with Crippen LogP contribution in [-0.4, -0.2) is 11.1 Å². The van der Waals surface area contributed by atoms with Crippen LogP contribution in [0.2, 0.25) is 0 Å². The second-order valence-electron chi connectivity index (χ2n) is 4.35. The maximum Gasteiger partial charge on any atom is 0.311 e. The number of hydrogen-bond donors (Lipinski definition) is 1. The molecule has 2 atom stereocenters. The summed E-state index contributed by atoms with van der Waals surface area (Å²) in [6.07, 6.45) is 3.19. The summed E-state index contributed by atoms with van der Waals surface area (Å²) in [5.41, 5.74) is 0.915. The number of carboxylic acid groups (broad SMARTS) is 1. The van der Waals surface area contributed by atoms with Crippen molar-refractivity contribution in [2.24, 2.45) is 5.92 Å². The predicted molar refractivity (Wildman–Crippen MR) is 65.5 cm³/mol. The standard InChI is InChI=1S/C14H20O2/c1-3-4-8-11(2)13(14(15)16)12-9-6-5-7-10-12/h5-7,9-11,13H,3-4,8H2,1-2H3,(H,15,16). The van der Waals surface area contributed by atoms with E-state index in [0.717, 1.165) is 24.8 Å². The predicted octanol–water partition coefficient (Wildman–Crippen LogP) is 3.68. The zero-order chi connectivity index (χ0) is 12.0. The van der Waals surface area contributed by atoms with Gasteiger partial charge in [-0.25, -0.2) is 0 Å². The molecule has 0 spiro atoms. The van der Waals surface area contributed by atoms with E-state index in [1.165, 1.54) is 0 Å². The first-order valence-electron chi connectivity index (χ1n) is 5.94. The van der Waals surface area contributed by atoms with Crippen LogP contribution in [0, 0.1) is 5.92 Å². The molecule has 2 nitrogen and oxygen atoms in total. The van der Waals surface area contributed by atoms with Gasteiger partial charge in [0.05, 0.1) is 5.92 Å². The normalized spacial score (nSPS) is 14.4. The zero-order valence-electron chi connectivity index (χ0n) is 10.0. The van der Waals surface area contributed by atoms with Crippen molar-refractivity contribution in [1.82, 2.24) is 0 Å². The Morgan fingerprint density at radius 1 is 1.31 bits per heavy atom. The van der Waals surface area contributed by atoms with E-state index in [1.807, 2.05) is 37.3 Å². The van der Waals surface area contributed by atoms with Gasteiger partial charge in [-0.15, -0.1) is 0 Å². The smallest absolute Gasteiger partial charge is 0.311 e. The monoisotopic (exact) mass is 220 g/mol. The van der Waals surface area contributed by atoms with E-state index >= 15 is 0 Å². The molecule has 0 saturated heterocycles. The van der Waals surface area contributed by atoms with Gasteiger partial charge >= 0.3 is 5.97 Å². The van der Waals surface area contributed by atoms with Crippen molar-refractivity contribution < 1.29 is 9.90 Å². The Morgan fingerprint density at radius 3 is 2.44 bits per heavy atom. The highest BCUT2D eigenvalue weighted by Gasteiger charge is 2.25. The minimum Gasteiger partial charge on any atom is -0.481 e. The molecule has 16 heavy (non-hydrogen) atoms. The molecule has 2 heteroatoms. The average Bonchev–Trinajstić information content (AvgIpc) is 2.27. The van der Waals surface area contributed by atoms with Gasteiger partial charge in [0.25, 0.3) is 0 Å². The Kier molecular flexibility index (Phi) is 5.03. The number of aliphatic carboxylic acids is 1. The van der Waals surface area contributed by atoms with E-state index < -0.39 is 5.97 Å². The van der Waals surface area contributed by atoms with Crippen molar-refractivity contribution in [2.45, 2.75) is 39.0 Å². The van der Waals surface area contributed by atoms with Gasteiger partial charge in [-0.1, -0.05) is 57.0 Å². The number of rotatable bonds is 6. The van der Waals surface area contributed by atoms with Crippen LogP contribution < -0.4 is 0 Å². The van der Waals surface area contributed by atoms with Gasteiger partial charge in [0, 0.05) is 0 Å². The van der Waals surface area contributed by atoms with Crippen LogP contribution in [0.25, 0.3) is 0 Å². The summed E-state index contributed by atoms with van der Waals surface area (Å²) in [5, 5.41) is 9.30. The molecule has 1 rings (SSSR count). The molecule has 0 bridgehead atoms. The lowest BCUT2D eigenvalue weighted by Crippen LogP contribution is -2.19. The van der Waals surface area contributed by atoms with Crippen molar-refractivity contribution in [3.05, 3.63) is 35.9 Å². The highest BCUT2D eigenvalue weighted by molar-refractivity contribution is 5.76. The Hall–Kier alpha value is -1.31. The fourth-order valence-corrected chi connectivity index (χ4v) is 2.07. The molecule has 0 aliphatic carbocycles. The van der Waals surface area contributed by atoms with Gasteiger partial charge in [-0.3, -0.25) is 4.79 Å². The SMILES string of the molecule is CCCCC(C)C(C(=O)O)c1ccccc1. The Balaban J connectivity index is 2.79. The molecule has 1 aromatic rings. The number of unbranched alkanes of at least 4 members (excludes halogenated alkanes) is 1. The first kappa shape index (κ1) is 12.8. The lowest BCUT2D eigenvalue weighted by Gasteiger charge is -2.20. The van der Waals surface area contributed by atoms with Crippen LogP contribution in [0.4, 0.5) is 0 Å². The summed E-state index contributed by atoms with van der Waals surface area (Å²) in [4.78, 5) is 11.3. The molecule has 0 aliphatic rings. The largest absolute Gasteiger partial charge is 0.481 e. The molecular weight excluding hydrogens is 200 g/mol. The third-order valence-corrected chi connectivity index (χ3v) is 3.01. The fraction of sp³-hybridized carbons (Fsp3) is 0.500. The molecule has 0 aromatic heterocycles. The van der Waals surface area contributed by atoms with Gasteiger partial charge in [-0.2, -0.15) is 0 Å². The quantitative estimate of drug-likeness (QED) is 0.794. The third-order valence-electron chi connectivity index (χ3n) is 3.01. The molecule has 0 fully saturated rings. The molecule has 1 N–H and O–H groups in total. The zero-order valence-corrected chi connectivity index (χ0v) is 10.0. The van der Waals surface area contributed by atoms with Crippen molar-refractivity contribution >= 4 is 5.97 Å². The minimum atomic E-state index is -0.713. The number of carbonyl (C=O) groups is 1.